The molecule has 1 amide bonds. The first-order valence-corrected chi connectivity index (χ1v) is 6.43. The topological polar surface area (TPSA) is 55.1 Å². The Morgan fingerprint density at radius 1 is 1.43 bits per heavy atom. The molecule has 84 valence electrons. The smallest absolute Gasteiger partial charge is 0.237 e. The average molecular weight is 218 g/mol. The van der Waals surface area contributed by atoms with Gasteiger partial charge in [0.2, 0.25) is 5.91 Å². The van der Waals surface area contributed by atoms with Gasteiger partial charge in [-0.3, -0.25) is 4.79 Å². The van der Waals surface area contributed by atoms with E-state index in [2.05, 4.69) is 19.2 Å². The molecule has 1 unspecified atom stereocenters. The molecular formula is C10H22N2OS. The van der Waals surface area contributed by atoms with Crippen LogP contribution >= 0.6 is 11.8 Å². The summed E-state index contributed by atoms with van der Waals surface area (Å²) in [7, 11) is 0. The maximum absolute atomic E-state index is 11.5. The Bertz CT molecular complexity index is 174. The molecule has 0 saturated carbocycles. The van der Waals surface area contributed by atoms with E-state index < -0.39 is 0 Å². The molecular weight excluding hydrogens is 196 g/mol. The van der Waals surface area contributed by atoms with E-state index in [0.717, 1.165) is 12.2 Å². The monoisotopic (exact) mass is 218 g/mol. The number of rotatable bonds is 6. The zero-order chi connectivity index (χ0) is 11.1. The van der Waals surface area contributed by atoms with E-state index in [1.165, 1.54) is 0 Å². The number of thioether (sulfide) groups is 1. The van der Waals surface area contributed by atoms with Crippen LogP contribution in [0, 0.1) is 5.92 Å². The largest absolute Gasteiger partial charge is 0.352 e. The van der Waals surface area contributed by atoms with Crippen LogP contribution in [0.5, 0.6) is 0 Å². The molecule has 0 heterocycles. The normalized spacial score (nSPS) is 15.3. The van der Waals surface area contributed by atoms with Gasteiger partial charge in [0.1, 0.15) is 0 Å². The van der Waals surface area contributed by atoms with Crippen molar-refractivity contribution in [3.63, 3.8) is 0 Å². The van der Waals surface area contributed by atoms with Gasteiger partial charge in [-0.15, -0.1) is 0 Å². The molecule has 0 aliphatic carbocycles. The highest BCUT2D eigenvalue weighted by atomic mass is 32.2. The first kappa shape index (κ1) is 13.8. The first-order chi connectivity index (χ1) is 6.49. The van der Waals surface area contributed by atoms with E-state index in [4.69, 9.17) is 5.73 Å². The number of amides is 1. The molecule has 0 aromatic carbocycles. The van der Waals surface area contributed by atoms with Gasteiger partial charge in [-0.05, 0) is 31.3 Å². The highest BCUT2D eigenvalue weighted by molar-refractivity contribution is 7.98. The third-order valence-corrected chi connectivity index (χ3v) is 2.98. The molecule has 3 N–H and O–H groups in total. The van der Waals surface area contributed by atoms with Crippen molar-refractivity contribution >= 4 is 17.7 Å². The molecule has 0 fully saturated rings. The average Bonchev–Trinajstić information content (AvgIpc) is 2.13. The zero-order valence-electron chi connectivity index (χ0n) is 9.54. The maximum atomic E-state index is 11.5. The molecule has 4 heteroatoms. The second kappa shape index (κ2) is 7.12. The Labute approximate surface area is 91.2 Å². The van der Waals surface area contributed by atoms with Crippen molar-refractivity contribution in [3.05, 3.63) is 0 Å². The summed E-state index contributed by atoms with van der Waals surface area (Å²) in [5.41, 5.74) is 5.73. The van der Waals surface area contributed by atoms with Gasteiger partial charge < -0.3 is 11.1 Å². The summed E-state index contributed by atoms with van der Waals surface area (Å²) >= 11 is 1.71. The standard InChI is InChI=1S/C10H22N2OS/c1-7(2)8(3)12-10(13)9(11)5-6-14-4/h7-9H,5-6,11H2,1-4H3,(H,12,13)/t8?,9-/m1/s1. The fourth-order valence-corrected chi connectivity index (χ4v) is 1.36. The summed E-state index contributed by atoms with van der Waals surface area (Å²) in [6, 6.07) is -0.161. The molecule has 0 aliphatic rings. The second-order valence-corrected chi connectivity index (χ2v) is 4.91. The van der Waals surface area contributed by atoms with Crippen LogP contribution in [0.1, 0.15) is 27.2 Å². The lowest BCUT2D eigenvalue weighted by Crippen LogP contribution is -2.46. The van der Waals surface area contributed by atoms with E-state index in [-0.39, 0.29) is 18.0 Å². The lowest BCUT2D eigenvalue weighted by atomic mass is 10.1. The van der Waals surface area contributed by atoms with Crippen molar-refractivity contribution in [2.24, 2.45) is 11.7 Å². The van der Waals surface area contributed by atoms with Gasteiger partial charge in [0, 0.05) is 6.04 Å². The van der Waals surface area contributed by atoms with Gasteiger partial charge in [0.15, 0.2) is 0 Å². The highest BCUT2D eigenvalue weighted by Gasteiger charge is 2.16. The summed E-state index contributed by atoms with van der Waals surface area (Å²) < 4.78 is 0. The Balaban J connectivity index is 3.82. The van der Waals surface area contributed by atoms with Gasteiger partial charge in [-0.1, -0.05) is 13.8 Å². The van der Waals surface area contributed by atoms with E-state index in [0.29, 0.717) is 5.92 Å². The van der Waals surface area contributed by atoms with Crippen LogP contribution in [-0.2, 0) is 4.79 Å². The lowest BCUT2D eigenvalue weighted by Gasteiger charge is -2.20. The number of nitrogens with two attached hydrogens (primary N) is 1. The summed E-state index contributed by atoms with van der Waals surface area (Å²) in [6.07, 6.45) is 2.76. The van der Waals surface area contributed by atoms with Crippen LogP contribution in [0.15, 0.2) is 0 Å². The molecule has 0 aliphatic heterocycles. The first-order valence-electron chi connectivity index (χ1n) is 5.04. The molecule has 14 heavy (non-hydrogen) atoms. The van der Waals surface area contributed by atoms with Crippen LogP contribution in [-0.4, -0.2) is 30.0 Å². The molecule has 2 atom stereocenters. The second-order valence-electron chi connectivity index (χ2n) is 3.93. The molecule has 0 aromatic heterocycles. The van der Waals surface area contributed by atoms with Crippen molar-refractivity contribution in [1.82, 2.24) is 5.32 Å². The van der Waals surface area contributed by atoms with Crippen LogP contribution in [0.4, 0.5) is 0 Å². The van der Waals surface area contributed by atoms with Crippen LogP contribution < -0.4 is 11.1 Å². The quantitative estimate of drug-likeness (QED) is 0.705. The maximum Gasteiger partial charge on any atom is 0.237 e. The van der Waals surface area contributed by atoms with Crippen molar-refractivity contribution in [1.29, 1.82) is 0 Å². The fourth-order valence-electron chi connectivity index (χ4n) is 0.874. The highest BCUT2D eigenvalue weighted by Crippen LogP contribution is 2.02. The number of hydrogen-bond donors (Lipinski definition) is 2. The van der Waals surface area contributed by atoms with Gasteiger partial charge in [0.25, 0.3) is 0 Å². The Morgan fingerprint density at radius 3 is 2.43 bits per heavy atom. The van der Waals surface area contributed by atoms with Gasteiger partial charge in [-0.25, -0.2) is 0 Å². The Hall–Kier alpha value is -0.220. The summed E-state index contributed by atoms with van der Waals surface area (Å²) in [5.74, 6) is 1.36. The fraction of sp³-hybridized carbons (Fsp3) is 0.900. The van der Waals surface area contributed by atoms with Crippen molar-refractivity contribution < 1.29 is 4.79 Å². The molecule has 0 aromatic rings. The predicted octanol–water partition coefficient (Wildman–Crippen LogP) is 1.23. The molecule has 3 nitrogen and oxygen atoms in total. The Morgan fingerprint density at radius 2 is 2.00 bits per heavy atom. The van der Waals surface area contributed by atoms with E-state index in [1.54, 1.807) is 11.8 Å². The number of hydrogen-bond acceptors (Lipinski definition) is 3. The van der Waals surface area contributed by atoms with Crippen molar-refractivity contribution in [2.45, 2.75) is 39.3 Å². The predicted molar refractivity (Wildman–Crippen MR) is 63.4 cm³/mol. The Kier molecular flexibility index (Phi) is 7.01. The minimum atomic E-state index is -0.358. The number of carbonyl (C=O) groups excluding carboxylic acids is 1. The van der Waals surface area contributed by atoms with E-state index in [9.17, 15) is 4.79 Å². The third kappa shape index (κ3) is 5.50. The SMILES string of the molecule is CSCC[C@@H](N)C(=O)NC(C)C(C)C. The van der Waals surface area contributed by atoms with E-state index in [1.807, 2.05) is 13.2 Å². The molecule has 0 saturated heterocycles. The third-order valence-electron chi connectivity index (χ3n) is 2.34. The molecule has 0 bridgehead atoms. The lowest BCUT2D eigenvalue weighted by molar-refractivity contribution is -0.123. The van der Waals surface area contributed by atoms with Gasteiger partial charge in [-0.2, -0.15) is 11.8 Å². The summed E-state index contributed by atoms with van der Waals surface area (Å²) in [5, 5.41) is 2.91. The van der Waals surface area contributed by atoms with Crippen molar-refractivity contribution in [2.75, 3.05) is 12.0 Å². The van der Waals surface area contributed by atoms with Crippen LogP contribution in [0.3, 0.4) is 0 Å². The van der Waals surface area contributed by atoms with Gasteiger partial charge in [0.05, 0.1) is 6.04 Å². The molecule has 0 spiro atoms. The summed E-state index contributed by atoms with van der Waals surface area (Å²) in [6.45, 7) is 6.17. The van der Waals surface area contributed by atoms with Gasteiger partial charge >= 0.3 is 0 Å². The van der Waals surface area contributed by atoms with Crippen LogP contribution in [0.25, 0.3) is 0 Å². The number of nitrogens with one attached hydrogen (secondary N) is 1. The molecule has 0 radical (unpaired) electrons. The minimum absolute atomic E-state index is 0.0275. The zero-order valence-corrected chi connectivity index (χ0v) is 10.4. The minimum Gasteiger partial charge on any atom is -0.352 e. The van der Waals surface area contributed by atoms with E-state index >= 15 is 0 Å². The van der Waals surface area contributed by atoms with Crippen molar-refractivity contribution in [3.8, 4) is 0 Å². The molecule has 0 rings (SSSR count). The summed E-state index contributed by atoms with van der Waals surface area (Å²) in [4.78, 5) is 11.5. The number of carbonyl (C=O) groups is 1. The van der Waals surface area contributed by atoms with Crippen LogP contribution in [0.2, 0.25) is 0 Å².